The quantitative estimate of drug-likeness (QED) is 0.366. The van der Waals surface area contributed by atoms with E-state index in [1.54, 1.807) is 13.8 Å². The van der Waals surface area contributed by atoms with Gasteiger partial charge in [-0.2, -0.15) is 12.6 Å². The Bertz CT molecular complexity index is 322. The molecule has 0 saturated heterocycles. The van der Waals surface area contributed by atoms with Crippen LogP contribution in [0.2, 0.25) is 0 Å². The van der Waals surface area contributed by atoms with Crippen LogP contribution in [0.4, 0.5) is 0 Å². The molecule has 0 aromatic carbocycles. The third kappa shape index (κ3) is 5.37. The maximum absolute atomic E-state index is 11.8. The summed E-state index contributed by atoms with van der Waals surface area (Å²) in [5, 5.41) is 13.6. The Balaban J connectivity index is 4.60. The standard InChI is InChI=1S/C10H19N3O4S/c1-5(2)8(10(16)17)13-9(15)6(4-18)12-7(14)3-11/h5-6,8,18H,3-4,11H2,1-2H3,(H,12,14)(H,13,15)(H,16,17). The highest BCUT2D eigenvalue weighted by molar-refractivity contribution is 7.80. The molecular formula is C10H19N3O4S. The summed E-state index contributed by atoms with van der Waals surface area (Å²) in [5.41, 5.74) is 5.11. The number of hydrogen-bond donors (Lipinski definition) is 5. The van der Waals surface area contributed by atoms with Crippen molar-refractivity contribution in [2.24, 2.45) is 11.7 Å². The van der Waals surface area contributed by atoms with Crippen LogP contribution in [0.5, 0.6) is 0 Å². The summed E-state index contributed by atoms with van der Waals surface area (Å²) in [6.45, 7) is 3.10. The van der Waals surface area contributed by atoms with Gasteiger partial charge in [-0.05, 0) is 5.92 Å². The second-order valence-corrected chi connectivity index (χ2v) is 4.44. The number of rotatable bonds is 7. The average molecular weight is 277 g/mol. The monoisotopic (exact) mass is 277 g/mol. The smallest absolute Gasteiger partial charge is 0.326 e. The second-order valence-electron chi connectivity index (χ2n) is 4.08. The predicted octanol–water partition coefficient (Wildman–Crippen LogP) is -1.41. The van der Waals surface area contributed by atoms with E-state index in [0.29, 0.717) is 0 Å². The van der Waals surface area contributed by atoms with Crippen LogP contribution in [0.15, 0.2) is 0 Å². The van der Waals surface area contributed by atoms with Gasteiger partial charge in [-0.1, -0.05) is 13.8 Å². The zero-order chi connectivity index (χ0) is 14.3. The minimum atomic E-state index is -1.12. The molecule has 104 valence electrons. The lowest BCUT2D eigenvalue weighted by atomic mass is 10.0. The van der Waals surface area contributed by atoms with Gasteiger partial charge in [0.25, 0.3) is 0 Å². The molecule has 0 spiro atoms. The van der Waals surface area contributed by atoms with Gasteiger partial charge in [-0.25, -0.2) is 4.79 Å². The van der Waals surface area contributed by atoms with E-state index in [-0.39, 0.29) is 18.2 Å². The van der Waals surface area contributed by atoms with Gasteiger partial charge in [0.2, 0.25) is 11.8 Å². The van der Waals surface area contributed by atoms with Crippen molar-refractivity contribution in [2.45, 2.75) is 25.9 Å². The van der Waals surface area contributed by atoms with Crippen LogP contribution in [-0.4, -0.2) is 47.3 Å². The Morgan fingerprint density at radius 3 is 2.17 bits per heavy atom. The van der Waals surface area contributed by atoms with Gasteiger partial charge in [0, 0.05) is 5.75 Å². The molecule has 0 aliphatic rings. The summed E-state index contributed by atoms with van der Waals surface area (Å²) < 4.78 is 0. The molecule has 2 amide bonds. The Morgan fingerprint density at radius 2 is 1.83 bits per heavy atom. The molecule has 0 saturated carbocycles. The van der Waals surface area contributed by atoms with E-state index in [0.717, 1.165) is 0 Å². The first kappa shape index (κ1) is 16.7. The highest BCUT2D eigenvalue weighted by Gasteiger charge is 2.27. The second kappa shape index (κ2) is 7.93. The van der Waals surface area contributed by atoms with E-state index < -0.39 is 29.9 Å². The molecule has 0 aromatic rings. The maximum atomic E-state index is 11.8. The molecule has 8 heteroatoms. The molecule has 0 heterocycles. The van der Waals surface area contributed by atoms with Gasteiger partial charge in [0.1, 0.15) is 12.1 Å². The van der Waals surface area contributed by atoms with Crippen molar-refractivity contribution in [3.8, 4) is 0 Å². The number of hydrogen-bond acceptors (Lipinski definition) is 5. The minimum absolute atomic E-state index is 0.0575. The number of thiol groups is 1. The average Bonchev–Trinajstić information content (AvgIpc) is 2.31. The number of carbonyl (C=O) groups is 3. The first-order chi connectivity index (χ1) is 8.33. The predicted molar refractivity (Wildman–Crippen MR) is 69.2 cm³/mol. The Hall–Kier alpha value is -1.28. The van der Waals surface area contributed by atoms with Crippen molar-refractivity contribution in [1.82, 2.24) is 10.6 Å². The van der Waals surface area contributed by atoms with Crippen LogP contribution in [0.25, 0.3) is 0 Å². The van der Waals surface area contributed by atoms with Crippen LogP contribution < -0.4 is 16.4 Å². The van der Waals surface area contributed by atoms with E-state index in [9.17, 15) is 14.4 Å². The lowest BCUT2D eigenvalue weighted by Crippen LogP contribution is -2.54. The highest BCUT2D eigenvalue weighted by Crippen LogP contribution is 2.02. The molecule has 0 aliphatic heterocycles. The summed E-state index contributed by atoms with van der Waals surface area (Å²) in [4.78, 5) is 33.8. The molecule has 18 heavy (non-hydrogen) atoms. The lowest BCUT2D eigenvalue weighted by Gasteiger charge is -2.22. The molecule has 0 aromatic heterocycles. The number of aliphatic carboxylic acids is 1. The van der Waals surface area contributed by atoms with E-state index in [1.165, 1.54) is 0 Å². The minimum Gasteiger partial charge on any atom is -0.480 e. The zero-order valence-corrected chi connectivity index (χ0v) is 11.2. The van der Waals surface area contributed by atoms with Crippen LogP contribution in [-0.2, 0) is 14.4 Å². The van der Waals surface area contributed by atoms with Crippen molar-refractivity contribution in [3.05, 3.63) is 0 Å². The van der Waals surface area contributed by atoms with Crippen molar-refractivity contribution in [1.29, 1.82) is 0 Å². The summed E-state index contributed by atoms with van der Waals surface area (Å²) >= 11 is 3.93. The molecule has 7 nitrogen and oxygen atoms in total. The summed E-state index contributed by atoms with van der Waals surface area (Å²) in [6.07, 6.45) is 0. The number of nitrogens with two attached hydrogens (primary N) is 1. The molecule has 0 fully saturated rings. The zero-order valence-electron chi connectivity index (χ0n) is 10.3. The number of nitrogens with one attached hydrogen (secondary N) is 2. The Kier molecular flexibility index (Phi) is 7.37. The van der Waals surface area contributed by atoms with Gasteiger partial charge < -0.3 is 21.5 Å². The van der Waals surface area contributed by atoms with Gasteiger partial charge in [-0.15, -0.1) is 0 Å². The molecular weight excluding hydrogens is 258 g/mol. The topological polar surface area (TPSA) is 122 Å². The third-order valence-corrected chi connectivity index (χ3v) is 2.62. The SMILES string of the molecule is CC(C)C(NC(=O)C(CS)NC(=O)CN)C(=O)O. The fraction of sp³-hybridized carbons (Fsp3) is 0.700. The largest absolute Gasteiger partial charge is 0.480 e. The summed E-state index contributed by atoms with van der Waals surface area (Å²) in [5.74, 6) is -2.42. The van der Waals surface area contributed by atoms with E-state index in [1.807, 2.05) is 0 Å². The van der Waals surface area contributed by atoms with Crippen molar-refractivity contribution in [2.75, 3.05) is 12.3 Å². The van der Waals surface area contributed by atoms with Crippen LogP contribution in [0.3, 0.4) is 0 Å². The van der Waals surface area contributed by atoms with Crippen LogP contribution >= 0.6 is 12.6 Å². The van der Waals surface area contributed by atoms with Crippen LogP contribution in [0, 0.1) is 5.92 Å². The van der Waals surface area contributed by atoms with Gasteiger partial charge >= 0.3 is 5.97 Å². The highest BCUT2D eigenvalue weighted by atomic mass is 32.1. The molecule has 0 bridgehead atoms. The number of carbonyl (C=O) groups excluding carboxylic acids is 2. The third-order valence-electron chi connectivity index (χ3n) is 2.25. The van der Waals surface area contributed by atoms with E-state index >= 15 is 0 Å². The first-order valence-corrected chi connectivity index (χ1v) is 6.10. The van der Waals surface area contributed by atoms with Crippen LogP contribution in [0.1, 0.15) is 13.8 Å². The normalized spacial score (nSPS) is 13.8. The lowest BCUT2D eigenvalue weighted by molar-refractivity contribution is -0.143. The van der Waals surface area contributed by atoms with E-state index in [2.05, 4.69) is 23.3 Å². The van der Waals surface area contributed by atoms with Crippen molar-refractivity contribution in [3.63, 3.8) is 0 Å². The maximum Gasteiger partial charge on any atom is 0.326 e. The van der Waals surface area contributed by atoms with Crippen molar-refractivity contribution < 1.29 is 19.5 Å². The summed E-state index contributed by atoms with van der Waals surface area (Å²) in [6, 6.07) is -1.90. The van der Waals surface area contributed by atoms with Gasteiger partial charge in [0.15, 0.2) is 0 Å². The number of amides is 2. The van der Waals surface area contributed by atoms with Gasteiger partial charge in [-0.3, -0.25) is 9.59 Å². The molecule has 0 rings (SSSR count). The molecule has 0 aliphatic carbocycles. The Morgan fingerprint density at radius 1 is 1.28 bits per heavy atom. The number of carboxylic acid groups (broad SMARTS) is 1. The Labute approximate surface area is 111 Å². The fourth-order valence-corrected chi connectivity index (χ4v) is 1.47. The van der Waals surface area contributed by atoms with E-state index in [4.69, 9.17) is 10.8 Å². The van der Waals surface area contributed by atoms with Gasteiger partial charge in [0.05, 0.1) is 6.54 Å². The molecule has 5 N–H and O–H groups in total. The molecule has 2 atom stereocenters. The summed E-state index contributed by atoms with van der Waals surface area (Å²) in [7, 11) is 0. The molecule has 2 unspecified atom stereocenters. The fourth-order valence-electron chi connectivity index (χ4n) is 1.21. The first-order valence-electron chi connectivity index (χ1n) is 5.46. The molecule has 0 radical (unpaired) electrons. The van der Waals surface area contributed by atoms with Crippen molar-refractivity contribution >= 4 is 30.4 Å². The number of carboxylic acids is 1.